The van der Waals surface area contributed by atoms with Gasteiger partial charge in [0.05, 0.1) is 26.1 Å². The molecular formula is C18H19FN2O3S. The lowest BCUT2D eigenvalue weighted by Crippen LogP contribution is -2.67. The van der Waals surface area contributed by atoms with E-state index in [1.54, 1.807) is 11.3 Å². The van der Waals surface area contributed by atoms with Crippen molar-refractivity contribution in [2.24, 2.45) is 0 Å². The van der Waals surface area contributed by atoms with Crippen molar-refractivity contribution in [3.63, 3.8) is 0 Å². The summed E-state index contributed by atoms with van der Waals surface area (Å²) < 4.78 is 25.4. The van der Waals surface area contributed by atoms with Gasteiger partial charge in [-0.1, -0.05) is 6.07 Å². The van der Waals surface area contributed by atoms with E-state index in [1.165, 1.54) is 18.3 Å². The smallest absolute Gasteiger partial charge is 0.250 e. The van der Waals surface area contributed by atoms with Gasteiger partial charge in [-0.25, -0.2) is 9.37 Å². The first-order valence-corrected chi connectivity index (χ1v) is 9.23. The number of hydrogen-bond acceptors (Lipinski definition) is 5. The van der Waals surface area contributed by atoms with E-state index in [-0.39, 0.29) is 23.5 Å². The minimum Gasteiger partial charge on any atom is -0.472 e. The van der Waals surface area contributed by atoms with Crippen LogP contribution in [0.25, 0.3) is 0 Å². The van der Waals surface area contributed by atoms with E-state index < -0.39 is 5.82 Å². The Morgan fingerprint density at radius 2 is 2.32 bits per heavy atom. The van der Waals surface area contributed by atoms with Gasteiger partial charge in [-0.15, -0.1) is 11.3 Å². The number of pyridine rings is 1. The molecule has 4 heterocycles. The molecule has 2 fully saturated rings. The summed E-state index contributed by atoms with van der Waals surface area (Å²) in [6, 6.07) is 6.80. The molecular weight excluding hydrogens is 343 g/mol. The minimum atomic E-state index is -0.454. The van der Waals surface area contributed by atoms with Gasteiger partial charge in [0.2, 0.25) is 5.91 Å². The molecule has 7 heteroatoms. The van der Waals surface area contributed by atoms with Gasteiger partial charge in [0.25, 0.3) is 5.88 Å². The molecule has 1 spiro atoms. The summed E-state index contributed by atoms with van der Waals surface area (Å²) in [5.41, 5.74) is -0.362. The van der Waals surface area contributed by atoms with Crippen LogP contribution in [0.5, 0.6) is 5.88 Å². The van der Waals surface area contributed by atoms with Crippen LogP contribution in [0, 0.1) is 5.82 Å². The number of rotatable bonds is 4. The molecule has 0 aromatic carbocycles. The first-order chi connectivity index (χ1) is 12.1. The van der Waals surface area contributed by atoms with Crippen LogP contribution in [0.4, 0.5) is 4.39 Å². The molecule has 25 heavy (non-hydrogen) atoms. The number of nitrogens with zero attached hydrogens (tertiary/aromatic N) is 2. The van der Waals surface area contributed by atoms with Crippen LogP contribution in [-0.4, -0.2) is 47.2 Å². The van der Waals surface area contributed by atoms with Gasteiger partial charge >= 0.3 is 0 Å². The standard InChI is InChI=1S/C18H19FN2O3S/c19-15-4-1-6-20-17(15)24-13-5-7-23-18(10-13)11-21(12-18)16(22)9-14-3-2-8-25-14/h1-4,6,8,13H,5,7,9-12H2. The van der Waals surface area contributed by atoms with Crippen molar-refractivity contribution in [2.75, 3.05) is 19.7 Å². The fourth-order valence-electron chi connectivity index (χ4n) is 3.42. The lowest BCUT2D eigenvalue weighted by Gasteiger charge is -2.52. The first kappa shape index (κ1) is 16.5. The van der Waals surface area contributed by atoms with Crippen molar-refractivity contribution >= 4 is 17.2 Å². The molecule has 0 radical (unpaired) electrons. The highest BCUT2D eigenvalue weighted by molar-refractivity contribution is 7.10. The molecule has 0 saturated carbocycles. The Morgan fingerprint density at radius 3 is 3.08 bits per heavy atom. The summed E-state index contributed by atoms with van der Waals surface area (Å²) >= 11 is 1.59. The second-order valence-electron chi connectivity index (χ2n) is 6.56. The molecule has 1 atom stereocenters. The average Bonchev–Trinajstić information content (AvgIpc) is 3.08. The molecule has 4 rings (SSSR count). The van der Waals surface area contributed by atoms with Crippen LogP contribution in [0.2, 0.25) is 0 Å². The van der Waals surface area contributed by atoms with Crippen LogP contribution in [0.1, 0.15) is 17.7 Å². The molecule has 2 aliphatic heterocycles. The summed E-state index contributed by atoms with van der Waals surface area (Å²) in [6.45, 7) is 1.69. The van der Waals surface area contributed by atoms with E-state index in [2.05, 4.69) is 4.98 Å². The molecule has 0 bridgehead atoms. The topological polar surface area (TPSA) is 51.7 Å². The number of ether oxygens (including phenoxy) is 2. The molecule has 2 aliphatic rings. The van der Waals surface area contributed by atoms with Crippen LogP contribution < -0.4 is 4.74 Å². The van der Waals surface area contributed by atoms with Gasteiger partial charge in [-0.05, 0) is 23.6 Å². The number of carbonyl (C=O) groups excluding carboxylic acids is 1. The number of carbonyl (C=O) groups is 1. The normalized spacial score (nSPS) is 21.8. The molecule has 0 N–H and O–H groups in total. The average molecular weight is 362 g/mol. The van der Waals surface area contributed by atoms with Crippen LogP contribution in [0.3, 0.4) is 0 Å². The highest BCUT2D eigenvalue weighted by Gasteiger charge is 2.49. The Balaban J connectivity index is 1.33. The number of hydrogen-bond donors (Lipinski definition) is 0. The number of aromatic nitrogens is 1. The maximum Gasteiger partial charge on any atom is 0.250 e. The molecule has 1 amide bonds. The van der Waals surface area contributed by atoms with E-state index in [0.29, 0.717) is 39.0 Å². The van der Waals surface area contributed by atoms with E-state index in [9.17, 15) is 9.18 Å². The van der Waals surface area contributed by atoms with Crippen LogP contribution >= 0.6 is 11.3 Å². The van der Waals surface area contributed by atoms with Crippen molar-refractivity contribution in [2.45, 2.75) is 31.0 Å². The third-order valence-electron chi connectivity index (χ3n) is 4.67. The van der Waals surface area contributed by atoms with Crippen molar-refractivity contribution in [1.29, 1.82) is 0 Å². The largest absolute Gasteiger partial charge is 0.472 e. The zero-order valence-electron chi connectivity index (χ0n) is 13.7. The van der Waals surface area contributed by atoms with Crippen molar-refractivity contribution in [1.82, 2.24) is 9.88 Å². The monoisotopic (exact) mass is 362 g/mol. The van der Waals surface area contributed by atoms with Gasteiger partial charge in [-0.2, -0.15) is 0 Å². The molecule has 132 valence electrons. The summed E-state index contributed by atoms with van der Waals surface area (Å²) in [5.74, 6) is -0.297. The highest BCUT2D eigenvalue weighted by Crippen LogP contribution is 2.36. The van der Waals surface area contributed by atoms with Crippen molar-refractivity contribution in [3.8, 4) is 5.88 Å². The van der Waals surface area contributed by atoms with Gasteiger partial charge in [0.1, 0.15) is 11.7 Å². The Morgan fingerprint density at radius 1 is 1.44 bits per heavy atom. The van der Waals surface area contributed by atoms with E-state index in [0.717, 1.165) is 4.88 Å². The third-order valence-corrected chi connectivity index (χ3v) is 5.54. The second-order valence-corrected chi connectivity index (χ2v) is 7.59. The van der Waals surface area contributed by atoms with E-state index in [4.69, 9.17) is 9.47 Å². The Kier molecular flexibility index (Phi) is 4.43. The maximum atomic E-state index is 13.7. The molecule has 0 aliphatic carbocycles. The summed E-state index contributed by atoms with van der Waals surface area (Å²) in [4.78, 5) is 19.2. The predicted octanol–water partition coefficient (Wildman–Crippen LogP) is 2.66. The maximum absolute atomic E-state index is 13.7. The van der Waals surface area contributed by atoms with Crippen LogP contribution in [0.15, 0.2) is 35.8 Å². The Bertz CT molecular complexity index is 747. The lowest BCUT2D eigenvalue weighted by molar-refractivity contribution is -0.193. The minimum absolute atomic E-state index is 0.0366. The van der Waals surface area contributed by atoms with Crippen molar-refractivity contribution in [3.05, 3.63) is 46.5 Å². The molecule has 2 aromatic rings. The van der Waals surface area contributed by atoms with Crippen molar-refractivity contribution < 1.29 is 18.7 Å². The molecule has 2 aromatic heterocycles. The highest BCUT2D eigenvalue weighted by atomic mass is 32.1. The number of likely N-dealkylation sites (tertiary alicyclic amines) is 1. The number of thiophene rings is 1. The fourth-order valence-corrected chi connectivity index (χ4v) is 4.12. The third kappa shape index (κ3) is 3.52. The van der Waals surface area contributed by atoms with Gasteiger partial charge < -0.3 is 14.4 Å². The number of halogens is 1. The predicted molar refractivity (Wildman–Crippen MR) is 91.1 cm³/mol. The van der Waals surface area contributed by atoms with Gasteiger partial charge in [0.15, 0.2) is 5.82 Å². The Labute approximate surface area is 149 Å². The molecule has 1 unspecified atom stereocenters. The zero-order valence-corrected chi connectivity index (χ0v) is 14.5. The molecule has 2 saturated heterocycles. The van der Waals surface area contributed by atoms with Crippen LogP contribution in [-0.2, 0) is 16.0 Å². The Hall–Kier alpha value is -1.99. The van der Waals surface area contributed by atoms with E-state index >= 15 is 0 Å². The van der Waals surface area contributed by atoms with E-state index in [1.807, 2.05) is 22.4 Å². The SMILES string of the molecule is O=C(Cc1cccs1)N1CC2(CC(Oc3ncccc3F)CCO2)C1. The molecule has 5 nitrogen and oxygen atoms in total. The van der Waals surface area contributed by atoms with Gasteiger partial charge in [0, 0.05) is 23.9 Å². The zero-order chi connectivity index (χ0) is 17.3. The first-order valence-electron chi connectivity index (χ1n) is 8.35. The second kappa shape index (κ2) is 6.72. The number of amides is 1. The fraction of sp³-hybridized carbons (Fsp3) is 0.444. The lowest BCUT2D eigenvalue weighted by atomic mass is 9.84. The summed E-state index contributed by atoms with van der Waals surface area (Å²) in [6.07, 6.45) is 3.15. The summed E-state index contributed by atoms with van der Waals surface area (Å²) in [7, 11) is 0. The van der Waals surface area contributed by atoms with Gasteiger partial charge in [-0.3, -0.25) is 4.79 Å². The summed E-state index contributed by atoms with van der Waals surface area (Å²) in [5, 5.41) is 1.98. The quantitative estimate of drug-likeness (QED) is 0.839.